The molecule has 1 aromatic carbocycles. The molecule has 3 N–H and O–H groups in total. The molecule has 114 valence electrons. The Kier molecular flexibility index (Phi) is 5.71. The molecule has 6 nitrogen and oxygen atoms in total. The van der Waals surface area contributed by atoms with Gasteiger partial charge in [-0.1, -0.05) is 6.07 Å². The molecule has 2 amide bonds. The van der Waals surface area contributed by atoms with Crippen molar-refractivity contribution in [3.05, 3.63) is 24.3 Å². The molecule has 1 saturated heterocycles. The monoisotopic (exact) mass is 291 g/mol. The van der Waals surface area contributed by atoms with Gasteiger partial charge in [-0.05, 0) is 43.6 Å². The number of carbonyl (C=O) groups is 2. The summed E-state index contributed by atoms with van der Waals surface area (Å²) in [7, 11) is 1.47. The van der Waals surface area contributed by atoms with E-state index in [1.165, 1.54) is 7.11 Å². The molecule has 1 unspecified atom stereocenters. The Bertz CT molecular complexity index is 499. The van der Waals surface area contributed by atoms with Gasteiger partial charge < -0.3 is 20.7 Å². The van der Waals surface area contributed by atoms with Gasteiger partial charge in [0.1, 0.15) is 6.61 Å². The molecular weight excluding hydrogens is 270 g/mol. The molecule has 6 heteroatoms. The summed E-state index contributed by atoms with van der Waals surface area (Å²) in [6.45, 7) is 1.89. The smallest absolute Gasteiger partial charge is 0.250 e. The predicted octanol–water partition coefficient (Wildman–Crippen LogP) is 1.21. The molecule has 0 radical (unpaired) electrons. The van der Waals surface area contributed by atoms with Gasteiger partial charge >= 0.3 is 0 Å². The molecular formula is C15H21N3O3. The Morgan fingerprint density at radius 2 is 2.00 bits per heavy atom. The van der Waals surface area contributed by atoms with Gasteiger partial charge in [0.2, 0.25) is 11.8 Å². The largest absolute Gasteiger partial charge is 0.375 e. The third-order valence-corrected chi connectivity index (χ3v) is 3.34. The summed E-state index contributed by atoms with van der Waals surface area (Å²) in [5.74, 6) is 0.191. The van der Waals surface area contributed by atoms with Crippen LogP contribution in [0.5, 0.6) is 0 Å². The van der Waals surface area contributed by atoms with Crippen LogP contribution in [0.3, 0.4) is 0 Å². The van der Waals surface area contributed by atoms with E-state index in [2.05, 4.69) is 16.0 Å². The second-order valence-corrected chi connectivity index (χ2v) is 5.17. The number of hydrogen-bond donors (Lipinski definition) is 3. The fraction of sp³-hybridized carbons (Fsp3) is 0.467. The number of ether oxygens (including phenoxy) is 1. The predicted molar refractivity (Wildman–Crippen MR) is 81.2 cm³/mol. The van der Waals surface area contributed by atoms with Crippen LogP contribution in [0.2, 0.25) is 0 Å². The van der Waals surface area contributed by atoms with Gasteiger partial charge in [-0.15, -0.1) is 0 Å². The standard InChI is InChI=1S/C15H21N3O3/c1-21-10-15(20)18-13-4-2-3-12(8-13)17-14(19)7-11-5-6-16-9-11/h2-4,8,11,16H,5-7,9-10H2,1H3,(H,17,19)(H,18,20). The van der Waals surface area contributed by atoms with Crippen molar-refractivity contribution in [2.45, 2.75) is 12.8 Å². The van der Waals surface area contributed by atoms with E-state index in [9.17, 15) is 9.59 Å². The molecule has 0 saturated carbocycles. The van der Waals surface area contributed by atoms with E-state index in [0.717, 1.165) is 19.5 Å². The quantitative estimate of drug-likeness (QED) is 0.736. The topological polar surface area (TPSA) is 79.5 Å². The highest BCUT2D eigenvalue weighted by molar-refractivity contribution is 5.94. The highest BCUT2D eigenvalue weighted by Crippen LogP contribution is 2.17. The van der Waals surface area contributed by atoms with E-state index in [4.69, 9.17) is 4.74 Å². The van der Waals surface area contributed by atoms with Crippen LogP contribution < -0.4 is 16.0 Å². The van der Waals surface area contributed by atoms with Gasteiger partial charge in [0, 0.05) is 24.9 Å². The SMILES string of the molecule is COCC(=O)Nc1cccc(NC(=O)CC2CCNC2)c1. The van der Waals surface area contributed by atoms with Crippen molar-refractivity contribution in [3.63, 3.8) is 0 Å². The lowest BCUT2D eigenvalue weighted by Crippen LogP contribution is -2.19. The number of rotatable bonds is 6. The molecule has 1 aliphatic rings. The fourth-order valence-electron chi connectivity index (χ4n) is 2.37. The number of hydrogen-bond acceptors (Lipinski definition) is 4. The molecule has 0 aromatic heterocycles. The van der Waals surface area contributed by atoms with Crippen LogP contribution in [0, 0.1) is 5.92 Å². The van der Waals surface area contributed by atoms with Gasteiger partial charge in [0.05, 0.1) is 0 Å². The normalized spacial score (nSPS) is 17.5. The molecule has 21 heavy (non-hydrogen) atoms. The zero-order valence-corrected chi connectivity index (χ0v) is 12.1. The van der Waals surface area contributed by atoms with Gasteiger partial charge in [-0.3, -0.25) is 9.59 Å². The van der Waals surface area contributed by atoms with Crippen LogP contribution in [0.4, 0.5) is 11.4 Å². The molecule has 1 atom stereocenters. The maximum atomic E-state index is 12.0. The van der Waals surface area contributed by atoms with E-state index >= 15 is 0 Å². The minimum absolute atomic E-state index is 0.00377. The average Bonchev–Trinajstić information content (AvgIpc) is 2.92. The molecule has 1 aromatic rings. The summed E-state index contributed by atoms with van der Waals surface area (Å²) >= 11 is 0. The highest BCUT2D eigenvalue weighted by Gasteiger charge is 2.18. The number of methoxy groups -OCH3 is 1. The summed E-state index contributed by atoms with van der Waals surface area (Å²) in [6, 6.07) is 7.09. The second-order valence-electron chi connectivity index (χ2n) is 5.17. The highest BCUT2D eigenvalue weighted by atomic mass is 16.5. The first-order valence-electron chi connectivity index (χ1n) is 7.07. The molecule has 1 fully saturated rings. The minimum Gasteiger partial charge on any atom is -0.375 e. The van der Waals surface area contributed by atoms with E-state index in [-0.39, 0.29) is 18.4 Å². The van der Waals surface area contributed by atoms with E-state index in [1.807, 2.05) is 0 Å². The number of nitrogens with one attached hydrogen (secondary N) is 3. The number of benzene rings is 1. The van der Waals surface area contributed by atoms with Crippen molar-refractivity contribution in [1.82, 2.24) is 5.32 Å². The van der Waals surface area contributed by atoms with Crippen molar-refractivity contribution in [2.24, 2.45) is 5.92 Å². The minimum atomic E-state index is -0.224. The van der Waals surface area contributed by atoms with Crippen molar-refractivity contribution >= 4 is 23.2 Å². The van der Waals surface area contributed by atoms with Crippen LogP contribution in [0.1, 0.15) is 12.8 Å². The Hall–Kier alpha value is -1.92. The second kappa shape index (κ2) is 7.75. The first-order valence-corrected chi connectivity index (χ1v) is 7.07. The van der Waals surface area contributed by atoms with E-state index in [0.29, 0.717) is 23.7 Å². The number of amides is 2. The molecule has 1 aliphatic heterocycles. The van der Waals surface area contributed by atoms with Crippen molar-refractivity contribution in [2.75, 3.05) is 37.4 Å². The van der Waals surface area contributed by atoms with Crippen molar-refractivity contribution in [1.29, 1.82) is 0 Å². The molecule has 0 aliphatic carbocycles. The zero-order chi connectivity index (χ0) is 15.1. The van der Waals surface area contributed by atoms with Crippen LogP contribution >= 0.6 is 0 Å². The van der Waals surface area contributed by atoms with Gasteiger partial charge in [0.15, 0.2) is 0 Å². The zero-order valence-electron chi connectivity index (χ0n) is 12.1. The third-order valence-electron chi connectivity index (χ3n) is 3.34. The fourth-order valence-corrected chi connectivity index (χ4v) is 2.37. The van der Waals surface area contributed by atoms with E-state index in [1.54, 1.807) is 24.3 Å². The Balaban J connectivity index is 1.87. The Morgan fingerprint density at radius 1 is 1.29 bits per heavy atom. The van der Waals surface area contributed by atoms with Crippen LogP contribution in [0.25, 0.3) is 0 Å². The lowest BCUT2D eigenvalue weighted by Gasteiger charge is -2.10. The first kappa shape index (κ1) is 15.5. The molecule has 0 bridgehead atoms. The number of carbonyl (C=O) groups excluding carboxylic acids is 2. The lowest BCUT2D eigenvalue weighted by molar-refractivity contribution is -0.119. The molecule has 1 heterocycles. The number of anilines is 2. The van der Waals surface area contributed by atoms with E-state index < -0.39 is 0 Å². The Morgan fingerprint density at radius 3 is 2.62 bits per heavy atom. The van der Waals surface area contributed by atoms with Crippen LogP contribution in [-0.4, -0.2) is 38.6 Å². The Labute approximate surface area is 124 Å². The molecule has 2 rings (SSSR count). The van der Waals surface area contributed by atoms with Gasteiger partial charge in [0.25, 0.3) is 0 Å². The summed E-state index contributed by atoms with van der Waals surface area (Å²) in [6.07, 6.45) is 1.56. The average molecular weight is 291 g/mol. The summed E-state index contributed by atoms with van der Waals surface area (Å²) < 4.78 is 4.76. The van der Waals surface area contributed by atoms with Gasteiger partial charge in [-0.2, -0.15) is 0 Å². The van der Waals surface area contributed by atoms with Gasteiger partial charge in [-0.25, -0.2) is 0 Å². The van der Waals surface area contributed by atoms with Crippen LogP contribution in [0.15, 0.2) is 24.3 Å². The maximum absolute atomic E-state index is 12.0. The lowest BCUT2D eigenvalue weighted by atomic mass is 10.0. The summed E-state index contributed by atoms with van der Waals surface area (Å²) in [5, 5.41) is 8.81. The summed E-state index contributed by atoms with van der Waals surface area (Å²) in [4.78, 5) is 23.4. The first-order chi connectivity index (χ1) is 10.2. The third kappa shape index (κ3) is 5.17. The van der Waals surface area contributed by atoms with Crippen LogP contribution in [-0.2, 0) is 14.3 Å². The summed E-state index contributed by atoms with van der Waals surface area (Å²) in [5.41, 5.74) is 1.32. The van der Waals surface area contributed by atoms with Crippen molar-refractivity contribution < 1.29 is 14.3 Å². The maximum Gasteiger partial charge on any atom is 0.250 e. The molecule has 0 spiro atoms. The van der Waals surface area contributed by atoms with Crippen molar-refractivity contribution in [3.8, 4) is 0 Å².